The van der Waals surface area contributed by atoms with Gasteiger partial charge in [-0.2, -0.15) is 0 Å². The Bertz CT molecular complexity index is 501. The van der Waals surface area contributed by atoms with Crippen molar-refractivity contribution >= 4 is 35.1 Å². The van der Waals surface area contributed by atoms with Crippen molar-refractivity contribution in [1.82, 2.24) is 10.6 Å². The van der Waals surface area contributed by atoms with Crippen LogP contribution in [0.1, 0.15) is 6.42 Å². The zero-order valence-electron chi connectivity index (χ0n) is 9.20. The molecule has 1 saturated heterocycles. The van der Waals surface area contributed by atoms with Gasteiger partial charge in [0.25, 0.3) is 5.91 Å². The van der Waals surface area contributed by atoms with Crippen LogP contribution >= 0.6 is 11.6 Å². The van der Waals surface area contributed by atoms with E-state index in [2.05, 4.69) is 16.0 Å². The summed E-state index contributed by atoms with van der Waals surface area (Å²) in [5.74, 6) is -0.856. The highest BCUT2D eigenvalue weighted by atomic mass is 35.5. The van der Waals surface area contributed by atoms with E-state index in [1.165, 1.54) is 0 Å². The zero-order chi connectivity index (χ0) is 13.1. The molecular weight excluding hydrogens is 258 g/mol. The van der Waals surface area contributed by atoms with Gasteiger partial charge in [-0.3, -0.25) is 14.9 Å². The smallest absolute Gasteiger partial charge is 0.322 e. The van der Waals surface area contributed by atoms with Gasteiger partial charge in [0.15, 0.2) is 0 Å². The van der Waals surface area contributed by atoms with Crippen molar-refractivity contribution in [2.45, 2.75) is 12.5 Å². The molecule has 1 aromatic rings. The number of nitrogens with one attached hydrogen (secondary N) is 3. The van der Waals surface area contributed by atoms with Gasteiger partial charge < -0.3 is 10.6 Å². The normalized spacial score (nSPS) is 18.2. The fraction of sp³-hybridized carbons (Fsp3) is 0.182. The third-order valence-electron chi connectivity index (χ3n) is 2.38. The minimum atomic E-state index is -0.815. The maximum atomic E-state index is 11.6. The Morgan fingerprint density at radius 2 is 1.94 bits per heavy atom. The molecule has 0 bridgehead atoms. The van der Waals surface area contributed by atoms with Crippen molar-refractivity contribution in [3.63, 3.8) is 0 Å². The third-order valence-corrected chi connectivity index (χ3v) is 2.63. The summed E-state index contributed by atoms with van der Waals surface area (Å²) in [5, 5.41) is 7.57. The van der Waals surface area contributed by atoms with Gasteiger partial charge in [-0.1, -0.05) is 11.6 Å². The molecule has 1 atom stereocenters. The molecule has 1 aromatic carbocycles. The zero-order valence-corrected chi connectivity index (χ0v) is 9.95. The number of hydrogen-bond donors (Lipinski definition) is 3. The van der Waals surface area contributed by atoms with Gasteiger partial charge in [0, 0.05) is 10.7 Å². The first-order valence-electron chi connectivity index (χ1n) is 5.21. The second kappa shape index (κ2) is 5.05. The SMILES string of the molecule is O=C(C[C@@H]1NC(=O)NC1=O)Nc1ccc(Cl)cc1. The van der Waals surface area contributed by atoms with Crippen LogP contribution in [-0.4, -0.2) is 23.9 Å². The quantitative estimate of drug-likeness (QED) is 0.711. The van der Waals surface area contributed by atoms with E-state index in [0.29, 0.717) is 10.7 Å². The van der Waals surface area contributed by atoms with Crippen molar-refractivity contribution < 1.29 is 14.4 Å². The first-order chi connectivity index (χ1) is 8.54. The van der Waals surface area contributed by atoms with Gasteiger partial charge in [0.1, 0.15) is 6.04 Å². The highest BCUT2D eigenvalue weighted by molar-refractivity contribution is 6.30. The molecule has 1 aliphatic rings. The van der Waals surface area contributed by atoms with Crippen molar-refractivity contribution in [3.05, 3.63) is 29.3 Å². The Morgan fingerprint density at radius 3 is 2.50 bits per heavy atom. The molecule has 1 aliphatic heterocycles. The Kier molecular flexibility index (Phi) is 3.47. The monoisotopic (exact) mass is 267 g/mol. The summed E-state index contributed by atoms with van der Waals surface area (Å²) in [4.78, 5) is 33.7. The van der Waals surface area contributed by atoms with Crippen LogP contribution in [0.15, 0.2) is 24.3 Å². The molecule has 94 valence electrons. The number of amides is 4. The lowest BCUT2D eigenvalue weighted by molar-refractivity contribution is -0.124. The number of rotatable bonds is 3. The van der Waals surface area contributed by atoms with E-state index < -0.39 is 18.0 Å². The highest BCUT2D eigenvalue weighted by Crippen LogP contribution is 2.13. The van der Waals surface area contributed by atoms with Crippen molar-refractivity contribution in [2.24, 2.45) is 0 Å². The molecule has 1 fully saturated rings. The molecule has 0 radical (unpaired) electrons. The van der Waals surface area contributed by atoms with Gasteiger partial charge in [0.05, 0.1) is 6.42 Å². The van der Waals surface area contributed by atoms with Gasteiger partial charge in [-0.05, 0) is 24.3 Å². The maximum Gasteiger partial charge on any atom is 0.322 e. The summed E-state index contributed by atoms with van der Waals surface area (Å²) in [5.41, 5.74) is 0.578. The molecule has 6 nitrogen and oxygen atoms in total. The molecule has 7 heteroatoms. The second-order valence-electron chi connectivity index (χ2n) is 3.77. The number of carbonyl (C=O) groups excluding carboxylic acids is 3. The van der Waals surface area contributed by atoms with Gasteiger partial charge in [0.2, 0.25) is 5.91 Å². The largest absolute Gasteiger partial charge is 0.326 e. The number of urea groups is 1. The minimum Gasteiger partial charge on any atom is -0.326 e. The Hall–Kier alpha value is -2.08. The molecule has 0 aliphatic carbocycles. The highest BCUT2D eigenvalue weighted by Gasteiger charge is 2.31. The van der Waals surface area contributed by atoms with E-state index in [1.807, 2.05) is 0 Å². The Balaban J connectivity index is 1.91. The number of halogens is 1. The first kappa shape index (κ1) is 12.4. The summed E-state index contributed by atoms with van der Waals surface area (Å²) < 4.78 is 0. The minimum absolute atomic E-state index is 0.111. The summed E-state index contributed by atoms with van der Waals surface area (Å²) in [7, 11) is 0. The van der Waals surface area contributed by atoms with Gasteiger partial charge in [-0.25, -0.2) is 4.79 Å². The molecule has 0 unspecified atom stereocenters. The van der Waals surface area contributed by atoms with Crippen LogP contribution in [-0.2, 0) is 9.59 Å². The average molecular weight is 268 g/mol. The lowest BCUT2D eigenvalue weighted by Crippen LogP contribution is -2.33. The third kappa shape index (κ3) is 2.98. The van der Waals surface area contributed by atoms with Crippen LogP contribution in [0.25, 0.3) is 0 Å². The standard InChI is InChI=1S/C11H10ClN3O3/c12-6-1-3-7(4-2-6)13-9(16)5-8-10(17)15-11(18)14-8/h1-4,8H,5H2,(H,13,16)(H2,14,15,17,18)/t8-/m0/s1. The topological polar surface area (TPSA) is 87.3 Å². The Morgan fingerprint density at radius 1 is 1.28 bits per heavy atom. The number of carbonyl (C=O) groups is 3. The maximum absolute atomic E-state index is 11.6. The summed E-state index contributed by atoms with van der Waals surface area (Å²) in [6.45, 7) is 0. The van der Waals surface area contributed by atoms with Crippen LogP contribution in [0.5, 0.6) is 0 Å². The number of benzene rings is 1. The molecule has 18 heavy (non-hydrogen) atoms. The van der Waals surface area contributed by atoms with Crippen molar-refractivity contribution in [1.29, 1.82) is 0 Å². The molecule has 3 N–H and O–H groups in total. The van der Waals surface area contributed by atoms with Gasteiger partial charge >= 0.3 is 6.03 Å². The lowest BCUT2D eigenvalue weighted by Gasteiger charge is -2.08. The second-order valence-corrected chi connectivity index (χ2v) is 4.21. The van der Waals surface area contributed by atoms with Crippen LogP contribution in [0.2, 0.25) is 5.02 Å². The van der Waals surface area contributed by atoms with Crippen molar-refractivity contribution in [2.75, 3.05) is 5.32 Å². The molecule has 2 rings (SSSR count). The molecule has 0 aromatic heterocycles. The molecule has 0 saturated carbocycles. The van der Waals surface area contributed by atoms with Crippen LogP contribution in [0.4, 0.5) is 10.5 Å². The fourth-order valence-electron chi connectivity index (χ4n) is 1.53. The van der Waals surface area contributed by atoms with E-state index in [-0.39, 0.29) is 12.3 Å². The van der Waals surface area contributed by atoms with Gasteiger partial charge in [-0.15, -0.1) is 0 Å². The predicted octanol–water partition coefficient (Wildman–Crippen LogP) is 0.877. The van der Waals surface area contributed by atoms with E-state index >= 15 is 0 Å². The van der Waals surface area contributed by atoms with E-state index in [1.54, 1.807) is 24.3 Å². The molecule has 0 spiro atoms. The van der Waals surface area contributed by atoms with Crippen molar-refractivity contribution in [3.8, 4) is 0 Å². The Labute approximate surface area is 108 Å². The number of anilines is 1. The van der Waals surface area contributed by atoms with E-state index in [0.717, 1.165) is 0 Å². The molecule has 1 heterocycles. The number of hydrogen-bond acceptors (Lipinski definition) is 3. The molecular formula is C11H10ClN3O3. The fourth-order valence-corrected chi connectivity index (χ4v) is 1.66. The summed E-state index contributed by atoms with van der Waals surface area (Å²) in [6, 6.07) is 5.18. The average Bonchev–Trinajstić information content (AvgIpc) is 2.61. The van der Waals surface area contributed by atoms with Crippen LogP contribution < -0.4 is 16.0 Å². The molecule has 4 amide bonds. The summed E-state index contributed by atoms with van der Waals surface area (Å²) in [6.07, 6.45) is -0.111. The summed E-state index contributed by atoms with van der Waals surface area (Å²) >= 11 is 5.71. The number of imide groups is 1. The lowest BCUT2D eigenvalue weighted by atomic mass is 10.2. The van der Waals surface area contributed by atoms with E-state index in [4.69, 9.17) is 11.6 Å². The van der Waals surface area contributed by atoms with Crippen LogP contribution in [0.3, 0.4) is 0 Å². The van der Waals surface area contributed by atoms with E-state index in [9.17, 15) is 14.4 Å². The van der Waals surface area contributed by atoms with Crippen LogP contribution in [0, 0.1) is 0 Å². The first-order valence-corrected chi connectivity index (χ1v) is 5.59. The predicted molar refractivity (Wildman–Crippen MR) is 65.2 cm³/mol.